The van der Waals surface area contributed by atoms with Crippen molar-refractivity contribution in [2.24, 2.45) is 0 Å². The second-order valence-corrected chi connectivity index (χ2v) is 6.71. The molecule has 0 saturated carbocycles. The Morgan fingerprint density at radius 2 is 1.05 bits per heavy atom. The van der Waals surface area contributed by atoms with E-state index in [1.165, 1.54) is 0 Å². The van der Waals surface area contributed by atoms with Gasteiger partial charge in [-0.25, -0.2) is 0 Å². The summed E-state index contributed by atoms with van der Waals surface area (Å²) in [5, 5.41) is 21.1. The Kier molecular flexibility index (Phi) is 4.55. The molecular weight excluding hydrogens is 354 g/mol. The van der Waals surface area contributed by atoms with Gasteiger partial charge in [-0.15, -0.1) is 0 Å². The fourth-order valence-corrected chi connectivity index (χ4v) is 2.87. The van der Waals surface area contributed by atoms with Gasteiger partial charge in [0.1, 0.15) is 21.5 Å². The van der Waals surface area contributed by atoms with Gasteiger partial charge >= 0.3 is 0 Å². The lowest BCUT2D eigenvalue weighted by molar-refractivity contribution is 0.436. The zero-order valence-corrected chi connectivity index (χ0v) is 14.2. The molecule has 0 aliphatic heterocycles. The topological polar surface area (TPSA) is 40.5 Å². The van der Waals surface area contributed by atoms with E-state index < -0.39 is 5.41 Å². The van der Waals surface area contributed by atoms with Crippen molar-refractivity contribution >= 4 is 46.4 Å². The smallest absolute Gasteiger partial charge is 0.139 e. The molecule has 0 aromatic heterocycles. The lowest BCUT2D eigenvalue weighted by Gasteiger charge is -2.28. The first-order valence-electron chi connectivity index (χ1n) is 6.02. The van der Waals surface area contributed by atoms with E-state index in [0.29, 0.717) is 11.1 Å². The van der Waals surface area contributed by atoms with Crippen LogP contribution in [0.3, 0.4) is 0 Å². The first kappa shape index (κ1) is 16.6. The van der Waals surface area contributed by atoms with Crippen molar-refractivity contribution in [2.75, 3.05) is 0 Å². The van der Waals surface area contributed by atoms with Crippen LogP contribution in [-0.2, 0) is 5.41 Å². The lowest BCUT2D eigenvalue weighted by Crippen LogP contribution is -2.19. The Labute approximate surface area is 142 Å². The molecule has 0 radical (unpaired) electrons. The molecule has 21 heavy (non-hydrogen) atoms. The molecule has 112 valence electrons. The number of halogens is 4. The van der Waals surface area contributed by atoms with Gasteiger partial charge in [0, 0.05) is 16.5 Å². The molecule has 0 aliphatic rings. The van der Waals surface area contributed by atoms with Crippen LogP contribution in [0, 0.1) is 0 Å². The van der Waals surface area contributed by atoms with Crippen LogP contribution in [0.5, 0.6) is 11.5 Å². The van der Waals surface area contributed by atoms with Crippen LogP contribution in [-0.4, -0.2) is 10.2 Å². The highest BCUT2D eigenvalue weighted by molar-refractivity contribution is 6.43. The molecule has 0 heterocycles. The Morgan fingerprint density at radius 3 is 1.38 bits per heavy atom. The molecule has 6 heteroatoms. The van der Waals surface area contributed by atoms with Gasteiger partial charge < -0.3 is 10.2 Å². The molecule has 0 atom stereocenters. The highest BCUT2D eigenvalue weighted by atomic mass is 35.5. The molecule has 0 amide bonds. The second-order valence-electron chi connectivity index (χ2n) is 5.14. The Hall–Kier alpha value is -0.800. The van der Waals surface area contributed by atoms with Crippen LogP contribution >= 0.6 is 46.4 Å². The third-order valence-electron chi connectivity index (χ3n) is 3.48. The van der Waals surface area contributed by atoms with Crippen LogP contribution in [0.2, 0.25) is 20.1 Å². The molecular formula is C15H12Cl4O2. The summed E-state index contributed by atoms with van der Waals surface area (Å²) >= 11 is 23.7. The van der Waals surface area contributed by atoms with E-state index in [1.54, 1.807) is 24.3 Å². The van der Waals surface area contributed by atoms with Gasteiger partial charge in [0.25, 0.3) is 0 Å². The molecule has 0 spiro atoms. The van der Waals surface area contributed by atoms with Gasteiger partial charge in [-0.05, 0) is 12.1 Å². The summed E-state index contributed by atoms with van der Waals surface area (Å²) in [7, 11) is 0. The normalized spacial score (nSPS) is 11.7. The summed E-state index contributed by atoms with van der Waals surface area (Å²) in [5.74, 6) is -0.251. The van der Waals surface area contributed by atoms with E-state index in [2.05, 4.69) is 0 Å². The first-order chi connectivity index (χ1) is 9.67. The molecule has 2 aromatic rings. The number of hydrogen-bond acceptors (Lipinski definition) is 2. The van der Waals surface area contributed by atoms with E-state index >= 15 is 0 Å². The monoisotopic (exact) mass is 364 g/mol. The van der Waals surface area contributed by atoms with Crippen molar-refractivity contribution < 1.29 is 10.2 Å². The van der Waals surface area contributed by atoms with Crippen LogP contribution in [0.15, 0.2) is 24.3 Å². The number of hydrogen-bond donors (Lipinski definition) is 2. The predicted molar refractivity (Wildman–Crippen MR) is 88.4 cm³/mol. The van der Waals surface area contributed by atoms with Crippen molar-refractivity contribution in [3.8, 4) is 11.5 Å². The number of aromatic hydroxyl groups is 2. The van der Waals surface area contributed by atoms with Crippen molar-refractivity contribution in [1.82, 2.24) is 0 Å². The minimum absolute atomic E-state index is 0.0711. The maximum absolute atomic E-state index is 10.2. The molecule has 2 rings (SSSR count). The fraction of sp³-hybridized carbons (Fsp3) is 0.200. The maximum atomic E-state index is 10.2. The van der Waals surface area contributed by atoms with Crippen LogP contribution in [0.1, 0.15) is 25.0 Å². The molecule has 2 nitrogen and oxygen atoms in total. The van der Waals surface area contributed by atoms with Crippen LogP contribution < -0.4 is 0 Å². The van der Waals surface area contributed by atoms with Gasteiger partial charge in [-0.2, -0.15) is 0 Å². The molecule has 0 bridgehead atoms. The summed E-state index contributed by atoms with van der Waals surface area (Å²) in [6.07, 6.45) is 0. The Balaban J connectivity index is 2.68. The molecule has 0 saturated heterocycles. The molecule has 2 N–H and O–H groups in total. The summed E-state index contributed by atoms with van der Waals surface area (Å²) in [6, 6.07) is 6.50. The zero-order chi connectivity index (χ0) is 15.9. The summed E-state index contributed by atoms with van der Waals surface area (Å²) in [4.78, 5) is 0. The Bertz CT molecular complexity index is 652. The number of phenolic OH excluding ortho intramolecular Hbond substituents is 2. The highest BCUT2D eigenvalue weighted by Crippen LogP contribution is 2.47. The lowest BCUT2D eigenvalue weighted by atomic mass is 9.77. The third kappa shape index (κ3) is 2.78. The molecule has 0 fully saturated rings. The predicted octanol–water partition coefficient (Wildman–Crippen LogP) is 6.04. The fourth-order valence-electron chi connectivity index (χ4n) is 2.23. The van der Waals surface area contributed by atoms with Crippen molar-refractivity contribution in [1.29, 1.82) is 0 Å². The average molecular weight is 366 g/mol. The standard InChI is InChI=1S/C15H12Cl4O2/c1-15(2,7-3-5-9(16)11(18)13(7)20)8-4-6-10(17)12(19)14(8)21/h3-6,20-21H,1-2H3. The number of benzene rings is 2. The van der Waals surface area contributed by atoms with Gasteiger partial charge in [0.15, 0.2) is 0 Å². The summed E-state index contributed by atoms with van der Waals surface area (Å²) in [6.45, 7) is 3.65. The van der Waals surface area contributed by atoms with Gasteiger partial charge in [0.05, 0.1) is 10.0 Å². The van der Waals surface area contributed by atoms with Crippen molar-refractivity contribution in [3.63, 3.8) is 0 Å². The van der Waals surface area contributed by atoms with E-state index in [1.807, 2.05) is 13.8 Å². The minimum atomic E-state index is -0.753. The van der Waals surface area contributed by atoms with Crippen LogP contribution in [0.4, 0.5) is 0 Å². The molecule has 0 unspecified atom stereocenters. The SMILES string of the molecule is CC(C)(c1ccc(Cl)c(Cl)c1O)c1ccc(Cl)c(Cl)c1O. The molecule has 2 aromatic carbocycles. The third-order valence-corrected chi connectivity index (χ3v) is 5.07. The van der Waals surface area contributed by atoms with Gasteiger partial charge in [-0.1, -0.05) is 72.4 Å². The summed E-state index contributed by atoms with van der Waals surface area (Å²) < 4.78 is 0. The first-order valence-corrected chi connectivity index (χ1v) is 7.54. The number of rotatable bonds is 2. The summed E-state index contributed by atoms with van der Waals surface area (Å²) in [5.41, 5.74) is 0.285. The minimum Gasteiger partial charge on any atom is -0.506 e. The van der Waals surface area contributed by atoms with E-state index in [9.17, 15) is 10.2 Å². The van der Waals surface area contributed by atoms with Gasteiger partial charge in [0.2, 0.25) is 0 Å². The van der Waals surface area contributed by atoms with Crippen molar-refractivity contribution in [2.45, 2.75) is 19.3 Å². The quantitative estimate of drug-likeness (QED) is 0.681. The zero-order valence-electron chi connectivity index (χ0n) is 11.2. The maximum Gasteiger partial charge on any atom is 0.139 e. The van der Waals surface area contributed by atoms with Gasteiger partial charge in [-0.3, -0.25) is 0 Å². The van der Waals surface area contributed by atoms with E-state index in [4.69, 9.17) is 46.4 Å². The van der Waals surface area contributed by atoms with Crippen LogP contribution in [0.25, 0.3) is 0 Å². The van der Waals surface area contributed by atoms with E-state index in [-0.39, 0.29) is 31.6 Å². The second kappa shape index (κ2) is 5.77. The van der Waals surface area contributed by atoms with E-state index in [0.717, 1.165) is 0 Å². The largest absolute Gasteiger partial charge is 0.506 e. The molecule has 0 aliphatic carbocycles. The Morgan fingerprint density at radius 1 is 0.714 bits per heavy atom. The number of phenols is 2. The highest BCUT2D eigenvalue weighted by Gasteiger charge is 2.31. The average Bonchev–Trinajstić information content (AvgIpc) is 2.41. The van der Waals surface area contributed by atoms with Crippen molar-refractivity contribution in [3.05, 3.63) is 55.5 Å².